The van der Waals surface area contributed by atoms with Crippen LogP contribution in [-0.2, 0) is 26.3 Å². The Labute approximate surface area is 105 Å². The molecule has 0 amide bonds. The van der Waals surface area contributed by atoms with Crippen LogP contribution in [0.3, 0.4) is 0 Å². The van der Waals surface area contributed by atoms with Crippen LogP contribution in [0.1, 0.15) is 37.4 Å². The molecule has 1 aliphatic rings. The van der Waals surface area contributed by atoms with Crippen molar-refractivity contribution in [3.05, 3.63) is 16.1 Å². The molecule has 1 saturated heterocycles. The van der Waals surface area contributed by atoms with Crippen LogP contribution in [0.25, 0.3) is 0 Å². The van der Waals surface area contributed by atoms with E-state index in [2.05, 4.69) is 11.9 Å². The van der Waals surface area contributed by atoms with Gasteiger partial charge in [-0.05, 0) is 26.7 Å². The van der Waals surface area contributed by atoms with Gasteiger partial charge < -0.3 is 9.47 Å². The zero-order chi connectivity index (χ0) is 12.3. The lowest BCUT2D eigenvalue weighted by molar-refractivity contribution is -0.142. The Morgan fingerprint density at radius 1 is 1.71 bits per heavy atom. The Bertz CT molecular complexity index is 396. The van der Waals surface area contributed by atoms with Gasteiger partial charge in [-0.25, -0.2) is 4.98 Å². The van der Waals surface area contributed by atoms with Crippen molar-refractivity contribution in [3.8, 4) is 0 Å². The number of nitrogens with zero attached hydrogens (tertiary/aromatic N) is 1. The molecule has 0 saturated carbocycles. The van der Waals surface area contributed by atoms with Gasteiger partial charge in [-0.3, -0.25) is 4.79 Å². The van der Waals surface area contributed by atoms with E-state index in [4.69, 9.17) is 9.47 Å². The predicted octanol–water partition coefficient (Wildman–Crippen LogP) is 2.27. The normalized spacial score (nSPS) is 23.9. The van der Waals surface area contributed by atoms with Crippen LogP contribution in [0.5, 0.6) is 0 Å². The van der Waals surface area contributed by atoms with E-state index in [0.29, 0.717) is 6.61 Å². The topological polar surface area (TPSA) is 48.4 Å². The number of aromatic nitrogens is 1. The molecule has 1 unspecified atom stereocenters. The summed E-state index contributed by atoms with van der Waals surface area (Å²) in [4.78, 5) is 15.8. The summed E-state index contributed by atoms with van der Waals surface area (Å²) in [6.07, 6.45) is 2.32. The second-order valence-corrected chi connectivity index (χ2v) is 5.17. The number of rotatable bonds is 4. The molecule has 0 aromatic carbocycles. The summed E-state index contributed by atoms with van der Waals surface area (Å²) < 4.78 is 10.6. The van der Waals surface area contributed by atoms with E-state index in [9.17, 15) is 4.79 Å². The molecule has 5 heteroatoms. The molecule has 0 bridgehead atoms. The second-order valence-electron chi connectivity index (χ2n) is 4.31. The molecule has 1 atom stereocenters. The molecule has 1 fully saturated rings. The highest BCUT2D eigenvalue weighted by Crippen LogP contribution is 2.37. The van der Waals surface area contributed by atoms with Gasteiger partial charge in [0, 0.05) is 12.0 Å². The number of hydrogen-bond acceptors (Lipinski definition) is 5. The molecule has 0 radical (unpaired) electrons. The fourth-order valence-electron chi connectivity index (χ4n) is 1.94. The van der Waals surface area contributed by atoms with Gasteiger partial charge in [-0.15, -0.1) is 11.3 Å². The number of ether oxygens (including phenoxy) is 2. The number of thiazole rings is 1. The second kappa shape index (κ2) is 5.14. The van der Waals surface area contributed by atoms with E-state index < -0.39 is 0 Å². The van der Waals surface area contributed by atoms with Gasteiger partial charge in [0.1, 0.15) is 10.6 Å². The minimum absolute atomic E-state index is 0.221. The molecule has 1 aromatic heterocycles. The quantitative estimate of drug-likeness (QED) is 0.774. The molecule has 1 aliphatic heterocycles. The maximum Gasteiger partial charge on any atom is 0.311 e. The average Bonchev–Trinajstić information content (AvgIpc) is 2.88. The molecule has 0 aliphatic carbocycles. The minimum atomic E-state index is -0.252. The highest BCUT2D eigenvalue weighted by molar-refractivity contribution is 7.09. The summed E-state index contributed by atoms with van der Waals surface area (Å²) >= 11 is 1.56. The monoisotopic (exact) mass is 255 g/mol. The van der Waals surface area contributed by atoms with Crippen LogP contribution >= 0.6 is 11.3 Å². The largest absolute Gasteiger partial charge is 0.466 e. The van der Waals surface area contributed by atoms with Gasteiger partial charge in [0.05, 0.1) is 18.7 Å². The zero-order valence-electron chi connectivity index (χ0n) is 10.2. The molecule has 17 heavy (non-hydrogen) atoms. The molecular weight excluding hydrogens is 238 g/mol. The molecule has 0 N–H and O–H groups in total. The Kier molecular flexibility index (Phi) is 3.79. The van der Waals surface area contributed by atoms with E-state index in [1.807, 2.05) is 5.38 Å². The van der Waals surface area contributed by atoms with Crippen LogP contribution in [0.2, 0.25) is 0 Å². The van der Waals surface area contributed by atoms with Crippen molar-refractivity contribution in [1.82, 2.24) is 4.98 Å². The minimum Gasteiger partial charge on any atom is -0.466 e. The van der Waals surface area contributed by atoms with Crippen molar-refractivity contribution in [2.24, 2.45) is 0 Å². The summed E-state index contributed by atoms with van der Waals surface area (Å²) in [5, 5.41) is 2.88. The fourth-order valence-corrected chi connectivity index (χ4v) is 2.90. The first-order valence-electron chi connectivity index (χ1n) is 5.88. The van der Waals surface area contributed by atoms with Crippen LogP contribution < -0.4 is 0 Å². The SMILES string of the molecule is CCOC(=O)Cc1csc(C2(C)CCCO2)n1. The zero-order valence-corrected chi connectivity index (χ0v) is 11.0. The van der Waals surface area contributed by atoms with E-state index >= 15 is 0 Å². The third-order valence-corrected chi connectivity index (χ3v) is 3.99. The summed E-state index contributed by atoms with van der Waals surface area (Å²) in [5.41, 5.74) is 0.526. The standard InChI is InChI=1S/C12H17NO3S/c1-3-15-10(14)7-9-8-17-11(13-9)12(2)5-4-6-16-12/h8H,3-7H2,1-2H3. The van der Waals surface area contributed by atoms with Gasteiger partial charge in [0.15, 0.2) is 0 Å². The first-order chi connectivity index (χ1) is 8.14. The Morgan fingerprint density at radius 2 is 2.53 bits per heavy atom. The summed E-state index contributed by atoms with van der Waals surface area (Å²) in [5.74, 6) is -0.221. The first-order valence-corrected chi connectivity index (χ1v) is 6.76. The fraction of sp³-hybridized carbons (Fsp3) is 0.667. The van der Waals surface area contributed by atoms with E-state index in [0.717, 1.165) is 30.2 Å². The third-order valence-electron chi connectivity index (χ3n) is 2.85. The van der Waals surface area contributed by atoms with Gasteiger partial charge in [0.2, 0.25) is 0 Å². The van der Waals surface area contributed by atoms with Crippen LogP contribution in [0, 0.1) is 0 Å². The van der Waals surface area contributed by atoms with Gasteiger partial charge in [-0.1, -0.05) is 0 Å². The highest BCUT2D eigenvalue weighted by atomic mass is 32.1. The molecule has 2 rings (SSSR count). The maximum atomic E-state index is 11.3. The molecule has 94 valence electrons. The van der Waals surface area contributed by atoms with E-state index in [1.165, 1.54) is 0 Å². The van der Waals surface area contributed by atoms with Crippen molar-refractivity contribution in [1.29, 1.82) is 0 Å². The molecule has 1 aromatic rings. The lowest BCUT2D eigenvalue weighted by Crippen LogP contribution is -2.19. The lowest BCUT2D eigenvalue weighted by Gasteiger charge is -2.19. The Morgan fingerprint density at radius 3 is 3.18 bits per heavy atom. The van der Waals surface area contributed by atoms with Crippen LogP contribution in [0.15, 0.2) is 5.38 Å². The van der Waals surface area contributed by atoms with E-state index in [-0.39, 0.29) is 18.0 Å². The highest BCUT2D eigenvalue weighted by Gasteiger charge is 2.34. The van der Waals surface area contributed by atoms with Crippen molar-refractivity contribution >= 4 is 17.3 Å². The molecular formula is C12H17NO3S. The smallest absolute Gasteiger partial charge is 0.311 e. The number of esters is 1. The van der Waals surface area contributed by atoms with Gasteiger partial charge >= 0.3 is 5.97 Å². The predicted molar refractivity (Wildman–Crippen MR) is 65.0 cm³/mol. The van der Waals surface area contributed by atoms with Gasteiger partial charge in [-0.2, -0.15) is 0 Å². The number of carbonyl (C=O) groups excluding carboxylic acids is 1. The molecule has 0 spiro atoms. The third kappa shape index (κ3) is 2.84. The van der Waals surface area contributed by atoms with Crippen molar-refractivity contribution in [2.45, 2.75) is 38.7 Å². The van der Waals surface area contributed by atoms with Crippen molar-refractivity contribution in [3.63, 3.8) is 0 Å². The maximum absolute atomic E-state index is 11.3. The molecule has 4 nitrogen and oxygen atoms in total. The Hall–Kier alpha value is -0.940. The van der Waals surface area contributed by atoms with Crippen molar-refractivity contribution < 1.29 is 14.3 Å². The average molecular weight is 255 g/mol. The molecule has 2 heterocycles. The number of hydrogen-bond donors (Lipinski definition) is 0. The van der Waals surface area contributed by atoms with Crippen LogP contribution in [-0.4, -0.2) is 24.2 Å². The van der Waals surface area contributed by atoms with Gasteiger partial charge in [0.25, 0.3) is 0 Å². The lowest BCUT2D eigenvalue weighted by atomic mass is 10.0. The van der Waals surface area contributed by atoms with Crippen molar-refractivity contribution in [2.75, 3.05) is 13.2 Å². The first kappa shape index (κ1) is 12.5. The van der Waals surface area contributed by atoms with Crippen LogP contribution in [0.4, 0.5) is 0 Å². The number of carbonyl (C=O) groups is 1. The summed E-state index contributed by atoms with van der Waals surface area (Å²) in [6, 6.07) is 0. The Balaban J connectivity index is 2.03. The summed E-state index contributed by atoms with van der Waals surface area (Å²) in [7, 11) is 0. The van der Waals surface area contributed by atoms with E-state index in [1.54, 1.807) is 18.3 Å². The summed E-state index contributed by atoms with van der Waals surface area (Å²) in [6.45, 7) is 5.07.